The van der Waals surface area contributed by atoms with Crippen LogP contribution in [0.25, 0.3) is 10.6 Å². The van der Waals surface area contributed by atoms with Crippen LogP contribution < -0.4 is 4.74 Å². The Morgan fingerprint density at radius 1 is 1.50 bits per heavy atom. The summed E-state index contributed by atoms with van der Waals surface area (Å²) in [5, 5.41) is 2.02. The molecular weight excluding hydrogens is 264 g/mol. The van der Waals surface area contributed by atoms with E-state index in [4.69, 9.17) is 4.74 Å². The highest BCUT2D eigenvalue weighted by Crippen LogP contribution is 2.28. The number of methoxy groups -OCH3 is 1. The second-order valence-corrected chi connectivity index (χ2v) is 4.38. The fourth-order valence-electron chi connectivity index (χ4n) is 1.02. The first-order valence-electron chi connectivity index (χ1n) is 3.91. The van der Waals surface area contributed by atoms with E-state index in [2.05, 4.69) is 25.9 Å². The van der Waals surface area contributed by atoms with Crippen molar-refractivity contribution in [2.45, 2.75) is 0 Å². The summed E-state index contributed by atoms with van der Waals surface area (Å²) in [5.74, 6) is 0. The molecule has 0 aliphatic heterocycles. The second-order valence-electron chi connectivity index (χ2n) is 2.56. The van der Waals surface area contributed by atoms with Crippen molar-refractivity contribution in [3.63, 3.8) is 0 Å². The lowest BCUT2D eigenvalue weighted by atomic mass is 10.3. The third-order valence-electron chi connectivity index (χ3n) is 1.64. The molecule has 2 rings (SSSR count). The molecule has 0 bridgehead atoms. The molecule has 5 heteroatoms. The third kappa shape index (κ3) is 1.93. The molecule has 0 saturated carbocycles. The topological polar surface area (TPSA) is 35.0 Å². The van der Waals surface area contributed by atoms with Gasteiger partial charge in [0, 0.05) is 16.0 Å². The number of thiophene rings is 1. The van der Waals surface area contributed by atoms with Gasteiger partial charge in [0.25, 0.3) is 0 Å². The number of hydrogen-bond acceptors (Lipinski definition) is 4. The van der Waals surface area contributed by atoms with Gasteiger partial charge < -0.3 is 4.74 Å². The first-order chi connectivity index (χ1) is 6.79. The van der Waals surface area contributed by atoms with Gasteiger partial charge in [-0.25, -0.2) is 4.98 Å². The summed E-state index contributed by atoms with van der Waals surface area (Å²) < 4.78 is 6.02. The summed E-state index contributed by atoms with van der Waals surface area (Å²) in [5.41, 5.74) is 0.882. The molecule has 14 heavy (non-hydrogen) atoms. The Bertz CT molecular complexity index is 444. The molecule has 3 nitrogen and oxygen atoms in total. The van der Waals surface area contributed by atoms with Crippen molar-refractivity contribution in [3.05, 3.63) is 28.2 Å². The van der Waals surface area contributed by atoms with E-state index in [1.807, 2.05) is 17.5 Å². The van der Waals surface area contributed by atoms with E-state index in [1.165, 1.54) is 0 Å². The number of rotatable bonds is 2. The van der Waals surface area contributed by atoms with E-state index >= 15 is 0 Å². The lowest BCUT2D eigenvalue weighted by molar-refractivity contribution is 0.380. The Morgan fingerprint density at radius 3 is 3.00 bits per heavy atom. The van der Waals surface area contributed by atoms with Crippen molar-refractivity contribution >= 4 is 27.3 Å². The van der Waals surface area contributed by atoms with Gasteiger partial charge in [-0.05, 0) is 28.1 Å². The zero-order valence-corrected chi connectivity index (χ0v) is 9.80. The van der Waals surface area contributed by atoms with E-state index < -0.39 is 0 Å². The maximum Gasteiger partial charge on any atom is 0.316 e. The van der Waals surface area contributed by atoms with Crippen LogP contribution in [0.15, 0.2) is 28.2 Å². The van der Waals surface area contributed by atoms with Crippen LogP contribution in [0.2, 0.25) is 0 Å². The lowest BCUT2D eigenvalue weighted by Gasteiger charge is -1.98. The molecule has 0 N–H and O–H groups in total. The molecule has 0 fully saturated rings. The SMILES string of the molecule is COc1nccc(-c2cc(Br)cs2)n1. The first-order valence-corrected chi connectivity index (χ1v) is 5.58. The van der Waals surface area contributed by atoms with Gasteiger partial charge in [-0.15, -0.1) is 11.3 Å². The Kier molecular flexibility index (Phi) is 2.79. The fraction of sp³-hybridized carbons (Fsp3) is 0.111. The summed E-state index contributed by atoms with van der Waals surface area (Å²) >= 11 is 5.03. The Hall–Kier alpha value is -0.940. The lowest BCUT2D eigenvalue weighted by Crippen LogP contribution is -1.91. The highest BCUT2D eigenvalue weighted by atomic mass is 79.9. The van der Waals surface area contributed by atoms with Crippen LogP contribution in [0.5, 0.6) is 6.01 Å². The van der Waals surface area contributed by atoms with Gasteiger partial charge >= 0.3 is 6.01 Å². The van der Waals surface area contributed by atoms with Gasteiger partial charge in [0.15, 0.2) is 0 Å². The van der Waals surface area contributed by atoms with Gasteiger partial charge in [0.2, 0.25) is 0 Å². The summed E-state index contributed by atoms with van der Waals surface area (Å²) in [7, 11) is 1.56. The Balaban J connectivity index is 2.41. The summed E-state index contributed by atoms with van der Waals surface area (Å²) in [6.45, 7) is 0. The summed E-state index contributed by atoms with van der Waals surface area (Å²) in [4.78, 5) is 9.28. The smallest absolute Gasteiger partial charge is 0.316 e. The molecule has 0 atom stereocenters. The van der Waals surface area contributed by atoms with Gasteiger partial charge in [-0.3, -0.25) is 0 Å². The first kappa shape index (κ1) is 9.61. The minimum absolute atomic E-state index is 0.395. The van der Waals surface area contributed by atoms with Crippen molar-refractivity contribution < 1.29 is 4.74 Å². The van der Waals surface area contributed by atoms with Crippen LogP contribution in [0.4, 0.5) is 0 Å². The average Bonchev–Trinajstić information content (AvgIpc) is 2.65. The molecule has 0 saturated heterocycles. The molecule has 0 aliphatic carbocycles. The van der Waals surface area contributed by atoms with Crippen molar-refractivity contribution in [2.24, 2.45) is 0 Å². The number of nitrogens with zero attached hydrogens (tertiary/aromatic N) is 2. The Morgan fingerprint density at radius 2 is 2.36 bits per heavy atom. The van der Waals surface area contributed by atoms with Crippen molar-refractivity contribution in [1.82, 2.24) is 9.97 Å². The normalized spacial score (nSPS) is 10.1. The second kappa shape index (κ2) is 4.06. The van der Waals surface area contributed by atoms with Crippen LogP contribution in [0.1, 0.15) is 0 Å². The highest BCUT2D eigenvalue weighted by Gasteiger charge is 2.04. The molecular formula is C9H7BrN2OS. The number of halogens is 1. The number of ether oxygens (including phenoxy) is 1. The quantitative estimate of drug-likeness (QED) is 0.842. The standard InChI is InChI=1S/C9H7BrN2OS/c1-13-9-11-3-2-7(12-9)8-4-6(10)5-14-8/h2-5H,1H3. The van der Waals surface area contributed by atoms with Crippen LogP contribution in [-0.2, 0) is 0 Å². The average molecular weight is 271 g/mol. The van der Waals surface area contributed by atoms with Gasteiger partial charge in [-0.2, -0.15) is 4.98 Å². The molecule has 0 unspecified atom stereocenters. The number of hydrogen-bond donors (Lipinski definition) is 0. The molecule has 2 aromatic heterocycles. The fourth-order valence-corrected chi connectivity index (χ4v) is 2.42. The van der Waals surface area contributed by atoms with Crippen LogP contribution >= 0.6 is 27.3 Å². The van der Waals surface area contributed by atoms with E-state index in [0.29, 0.717) is 6.01 Å². The predicted molar refractivity (Wildman–Crippen MR) is 59.6 cm³/mol. The molecule has 0 amide bonds. The van der Waals surface area contributed by atoms with E-state index in [0.717, 1.165) is 15.0 Å². The zero-order chi connectivity index (χ0) is 9.97. The van der Waals surface area contributed by atoms with E-state index in [-0.39, 0.29) is 0 Å². The van der Waals surface area contributed by atoms with Crippen molar-refractivity contribution in [2.75, 3.05) is 7.11 Å². The van der Waals surface area contributed by atoms with Crippen LogP contribution in [0.3, 0.4) is 0 Å². The third-order valence-corrected chi connectivity index (χ3v) is 3.35. The van der Waals surface area contributed by atoms with Crippen molar-refractivity contribution in [3.8, 4) is 16.6 Å². The van der Waals surface area contributed by atoms with E-state index in [1.54, 1.807) is 24.6 Å². The molecule has 0 aromatic carbocycles. The molecule has 2 aromatic rings. The molecule has 2 heterocycles. The summed E-state index contributed by atoms with van der Waals surface area (Å²) in [6, 6.07) is 4.28. The van der Waals surface area contributed by atoms with Crippen molar-refractivity contribution in [1.29, 1.82) is 0 Å². The zero-order valence-electron chi connectivity index (χ0n) is 7.40. The monoisotopic (exact) mass is 270 g/mol. The maximum absolute atomic E-state index is 4.95. The minimum atomic E-state index is 0.395. The summed E-state index contributed by atoms with van der Waals surface area (Å²) in [6.07, 6.45) is 1.69. The predicted octanol–water partition coefficient (Wildman–Crippen LogP) is 2.98. The molecule has 72 valence electrons. The highest BCUT2D eigenvalue weighted by molar-refractivity contribution is 9.10. The van der Waals surface area contributed by atoms with Gasteiger partial charge in [-0.1, -0.05) is 0 Å². The molecule has 0 spiro atoms. The molecule has 0 aliphatic rings. The Labute approximate surface area is 93.9 Å². The number of aromatic nitrogens is 2. The van der Waals surface area contributed by atoms with Gasteiger partial charge in [0.05, 0.1) is 17.7 Å². The molecule has 0 radical (unpaired) electrons. The van der Waals surface area contributed by atoms with Crippen LogP contribution in [0, 0.1) is 0 Å². The van der Waals surface area contributed by atoms with E-state index in [9.17, 15) is 0 Å². The van der Waals surface area contributed by atoms with Crippen LogP contribution in [-0.4, -0.2) is 17.1 Å². The van der Waals surface area contributed by atoms with Gasteiger partial charge in [0.1, 0.15) is 0 Å². The largest absolute Gasteiger partial charge is 0.467 e. The minimum Gasteiger partial charge on any atom is -0.467 e. The maximum atomic E-state index is 4.95.